The fourth-order valence-electron chi connectivity index (χ4n) is 4.66. The number of hydrogen-bond donors (Lipinski definition) is 3. The smallest absolute Gasteiger partial charge is 0.322 e. The van der Waals surface area contributed by atoms with Crippen LogP contribution in [0.15, 0.2) is 66.9 Å². The first-order valence-corrected chi connectivity index (χ1v) is 16.6. The highest BCUT2D eigenvalue weighted by Crippen LogP contribution is 2.32. The van der Waals surface area contributed by atoms with Crippen LogP contribution in [0.25, 0.3) is 0 Å². The fourth-order valence-corrected chi connectivity index (χ4v) is 4.66. The number of imide groups is 1. The Morgan fingerprint density at radius 2 is 1.31 bits per heavy atom. The summed E-state index contributed by atoms with van der Waals surface area (Å²) in [4.78, 5) is 34.9. The molecule has 3 aromatic rings. The highest BCUT2D eigenvalue weighted by molar-refractivity contribution is 6.09. The van der Waals surface area contributed by atoms with Gasteiger partial charge in [-0.05, 0) is 23.5 Å². The van der Waals surface area contributed by atoms with Crippen LogP contribution in [0.4, 0.5) is 4.79 Å². The third-order valence-electron chi connectivity index (χ3n) is 7.29. The number of carbonyl (C=O) groups excluding carboxylic acids is 3. The van der Waals surface area contributed by atoms with Gasteiger partial charge in [0.25, 0.3) is 5.91 Å². The fraction of sp³-hybridized carbons (Fsp3) is 0.514. The van der Waals surface area contributed by atoms with E-state index >= 15 is 0 Å². The molecule has 0 spiro atoms. The van der Waals surface area contributed by atoms with E-state index in [4.69, 9.17) is 23.7 Å². The van der Waals surface area contributed by atoms with Gasteiger partial charge in [0.1, 0.15) is 5.69 Å². The van der Waals surface area contributed by atoms with E-state index < -0.39 is 11.6 Å². The van der Waals surface area contributed by atoms with Gasteiger partial charge in [0.15, 0.2) is 5.54 Å². The van der Waals surface area contributed by atoms with Gasteiger partial charge in [-0.15, -0.1) is 5.10 Å². The van der Waals surface area contributed by atoms with E-state index in [1.54, 1.807) is 7.05 Å². The van der Waals surface area contributed by atoms with Crippen LogP contribution in [-0.4, -0.2) is 99.3 Å². The lowest BCUT2D eigenvalue weighted by Gasteiger charge is -2.27. The van der Waals surface area contributed by atoms with Gasteiger partial charge in [-0.3, -0.25) is 19.6 Å². The van der Waals surface area contributed by atoms with Gasteiger partial charge < -0.3 is 34.3 Å². The molecule has 1 aliphatic rings. The van der Waals surface area contributed by atoms with E-state index in [-0.39, 0.29) is 11.8 Å². The molecule has 268 valence electrons. The topological polar surface area (TPSA) is 164 Å². The van der Waals surface area contributed by atoms with Crippen molar-refractivity contribution in [3.05, 3.63) is 83.7 Å². The molecule has 2 aromatic carbocycles. The Bertz CT molecular complexity index is 1330. The minimum Gasteiger partial charge on any atom is -0.379 e. The second-order valence-electron chi connectivity index (χ2n) is 11.5. The number of ether oxygens (including phenoxy) is 5. The molecule has 0 bridgehead atoms. The summed E-state index contributed by atoms with van der Waals surface area (Å²) in [6.07, 6.45) is 3.38. The zero-order valence-electron chi connectivity index (χ0n) is 28.7. The highest BCUT2D eigenvalue weighted by Gasteiger charge is 2.48. The number of rotatable bonds is 22. The van der Waals surface area contributed by atoms with Crippen molar-refractivity contribution in [3.63, 3.8) is 0 Å². The number of nitrogens with one attached hydrogen (secondary N) is 3. The van der Waals surface area contributed by atoms with Gasteiger partial charge in [-0.2, -0.15) is 0 Å². The molecule has 1 aromatic heterocycles. The van der Waals surface area contributed by atoms with Gasteiger partial charge in [0, 0.05) is 20.0 Å². The number of amides is 4. The van der Waals surface area contributed by atoms with Crippen LogP contribution in [0.5, 0.6) is 0 Å². The number of nitrogens with zero attached hydrogens (tertiary/aromatic N) is 3. The molecule has 14 heteroatoms. The molecule has 4 amide bonds. The molecule has 2 heterocycles. The number of urea groups is 1. The summed E-state index contributed by atoms with van der Waals surface area (Å²) in [7, 11) is 1.61. The number of carbonyl (C=O) groups is 3. The van der Waals surface area contributed by atoms with Gasteiger partial charge in [-0.25, -0.2) is 4.79 Å². The second kappa shape index (κ2) is 22.4. The quantitative estimate of drug-likeness (QED) is 0.106. The molecular formula is C35H50N6O8. The number of hydrogen-bond acceptors (Lipinski definition) is 10. The molecule has 1 fully saturated rings. The van der Waals surface area contributed by atoms with Crippen molar-refractivity contribution in [3.8, 4) is 0 Å². The van der Waals surface area contributed by atoms with E-state index in [2.05, 4.69) is 40.1 Å². The molecule has 0 saturated carbocycles. The molecule has 1 saturated heterocycles. The summed E-state index contributed by atoms with van der Waals surface area (Å²) >= 11 is 0. The van der Waals surface area contributed by atoms with Crippen LogP contribution in [0.2, 0.25) is 0 Å². The van der Waals surface area contributed by atoms with E-state index in [0.29, 0.717) is 78.4 Å². The van der Waals surface area contributed by atoms with Crippen molar-refractivity contribution in [1.29, 1.82) is 0 Å². The lowest BCUT2D eigenvalue weighted by Crippen LogP contribution is -2.44. The Kier molecular flexibility index (Phi) is 18.0. The van der Waals surface area contributed by atoms with Crippen LogP contribution in [0, 0.1) is 5.92 Å². The molecule has 14 nitrogen and oxygen atoms in total. The van der Waals surface area contributed by atoms with Crippen LogP contribution in [0.3, 0.4) is 0 Å². The maximum Gasteiger partial charge on any atom is 0.322 e. The molecule has 0 atom stereocenters. The monoisotopic (exact) mass is 682 g/mol. The Morgan fingerprint density at radius 3 is 1.78 bits per heavy atom. The molecule has 4 rings (SSSR count). The molecule has 0 radical (unpaired) electrons. The predicted octanol–water partition coefficient (Wildman–Crippen LogP) is 2.81. The summed E-state index contributed by atoms with van der Waals surface area (Å²) in [5, 5.41) is 15.8. The zero-order valence-corrected chi connectivity index (χ0v) is 28.7. The number of aryl methyl sites for hydroxylation is 1. The highest BCUT2D eigenvalue weighted by atomic mass is 16.6. The van der Waals surface area contributed by atoms with Crippen LogP contribution < -0.4 is 16.0 Å². The minimum atomic E-state index is -1.14. The van der Waals surface area contributed by atoms with Crippen LogP contribution in [0.1, 0.15) is 43.5 Å². The van der Waals surface area contributed by atoms with Crippen LogP contribution >= 0.6 is 0 Å². The first-order chi connectivity index (χ1) is 23.8. The average Bonchev–Trinajstić information content (AvgIpc) is 3.70. The Balaban J connectivity index is 0.000000291. The van der Waals surface area contributed by atoms with Crippen molar-refractivity contribution < 1.29 is 38.1 Å². The van der Waals surface area contributed by atoms with Crippen molar-refractivity contribution in [2.45, 2.75) is 45.4 Å². The average molecular weight is 683 g/mol. The second-order valence-corrected chi connectivity index (χ2v) is 11.5. The minimum absolute atomic E-state index is 0.0281. The third-order valence-corrected chi connectivity index (χ3v) is 7.29. The summed E-state index contributed by atoms with van der Waals surface area (Å²) in [6, 6.07) is 18.0. The Morgan fingerprint density at radius 1 is 0.796 bits per heavy atom. The molecule has 0 aliphatic carbocycles. The predicted molar refractivity (Wildman–Crippen MR) is 181 cm³/mol. The van der Waals surface area contributed by atoms with E-state index in [1.165, 1.54) is 0 Å². The van der Waals surface area contributed by atoms with Crippen molar-refractivity contribution in [1.82, 2.24) is 30.9 Å². The first kappa shape index (κ1) is 39.2. The van der Waals surface area contributed by atoms with E-state index in [1.807, 2.05) is 71.5 Å². The van der Waals surface area contributed by atoms with Gasteiger partial charge >= 0.3 is 6.03 Å². The van der Waals surface area contributed by atoms with Crippen LogP contribution in [-0.2, 0) is 52.0 Å². The Labute approximate surface area is 288 Å². The summed E-state index contributed by atoms with van der Waals surface area (Å²) in [5.74, 6) is 0.268. The van der Waals surface area contributed by atoms with Gasteiger partial charge in [0.2, 0.25) is 5.91 Å². The zero-order chi connectivity index (χ0) is 35.2. The van der Waals surface area contributed by atoms with Gasteiger partial charge in [-0.1, -0.05) is 79.7 Å². The largest absolute Gasteiger partial charge is 0.379 e. The molecule has 49 heavy (non-hydrogen) atoms. The Hall–Kier alpha value is -4.21. The van der Waals surface area contributed by atoms with Crippen molar-refractivity contribution in [2.24, 2.45) is 5.92 Å². The maximum absolute atomic E-state index is 12.3. The normalized spacial score (nSPS) is 13.5. The number of aromatic nitrogens is 3. The SMILES string of the molecule is CNC(=O)CCOCCOCCOCCOCCOCc1cn(CCC(C)C)nn1.O=C1NC(=O)C(c2ccccc2)(c2ccccc2)N1. The summed E-state index contributed by atoms with van der Waals surface area (Å²) in [5.41, 5.74) is 1.17. The van der Waals surface area contributed by atoms with E-state index in [9.17, 15) is 14.4 Å². The number of benzene rings is 2. The van der Waals surface area contributed by atoms with Crippen molar-refractivity contribution >= 4 is 17.8 Å². The summed E-state index contributed by atoms with van der Waals surface area (Å²) < 4.78 is 28.9. The van der Waals surface area contributed by atoms with Gasteiger partial charge in [0.05, 0.1) is 72.3 Å². The van der Waals surface area contributed by atoms with Crippen molar-refractivity contribution in [2.75, 3.05) is 66.5 Å². The molecule has 3 N–H and O–H groups in total. The first-order valence-electron chi connectivity index (χ1n) is 16.6. The van der Waals surface area contributed by atoms with E-state index in [0.717, 1.165) is 29.8 Å². The summed E-state index contributed by atoms with van der Waals surface area (Å²) in [6.45, 7) is 10.1. The lowest BCUT2D eigenvalue weighted by molar-refractivity contribution is -0.123. The standard InChI is InChI=1S/C20H38N4O6.C15H12N2O2/c1-18(2)4-6-24-16-19(22-23-24)17-30-15-14-29-13-12-28-11-10-27-9-8-26-7-5-20(25)21-3;18-13-15(17-14(19)16-13,11-7-3-1-4-8-11)12-9-5-2-6-10-12/h16,18H,4-15,17H2,1-3H3,(H,21,25);1-10H,(H2,16,17,18,19). The molecular weight excluding hydrogens is 632 g/mol. The third kappa shape index (κ3) is 14.0. The maximum atomic E-state index is 12.3. The molecule has 1 aliphatic heterocycles. The lowest BCUT2D eigenvalue weighted by atomic mass is 9.83. The molecule has 0 unspecified atom stereocenters.